The highest BCUT2D eigenvalue weighted by Crippen LogP contribution is 2.51. The second-order valence-corrected chi connectivity index (χ2v) is 22.3. The second kappa shape index (κ2) is 15.8. The molecule has 0 saturated heterocycles. The highest BCUT2D eigenvalue weighted by Gasteiger charge is 2.35. The third-order valence-electron chi connectivity index (χ3n) is 16.2. The number of rotatable bonds is 4. The van der Waals surface area contributed by atoms with Gasteiger partial charge in [0.25, 0.3) is 0 Å². The zero-order valence-corrected chi connectivity index (χ0v) is 44.0. The van der Waals surface area contributed by atoms with Gasteiger partial charge in [-0.2, -0.15) is 10.5 Å². The molecule has 0 aliphatic rings. The van der Waals surface area contributed by atoms with Gasteiger partial charge >= 0.3 is 0 Å². The van der Waals surface area contributed by atoms with Crippen molar-refractivity contribution < 1.29 is 0 Å². The van der Waals surface area contributed by atoms with Crippen LogP contribution < -0.4 is 0 Å². The highest BCUT2D eigenvalue weighted by molar-refractivity contribution is 7.26. The van der Waals surface area contributed by atoms with E-state index in [4.69, 9.17) is 0 Å². The molecule has 360 valence electrons. The summed E-state index contributed by atoms with van der Waals surface area (Å²) >= 11 is 1.79. The second-order valence-electron chi connectivity index (χ2n) is 21.3. The van der Waals surface area contributed by atoms with Crippen molar-refractivity contribution in [1.29, 1.82) is 10.5 Å². The van der Waals surface area contributed by atoms with Gasteiger partial charge in [0.1, 0.15) is 23.3 Å². The number of benzene rings is 10. The van der Waals surface area contributed by atoms with Crippen LogP contribution in [0.2, 0.25) is 0 Å². The van der Waals surface area contributed by atoms with Crippen LogP contribution in [0.5, 0.6) is 0 Å². The molecule has 10 aromatic carbocycles. The van der Waals surface area contributed by atoms with Gasteiger partial charge in [0.05, 0.1) is 71.6 Å². The van der Waals surface area contributed by atoms with Gasteiger partial charge in [0.15, 0.2) is 0 Å². The van der Waals surface area contributed by atoms with E-state index in [0.29, 0.717) is 33.9 Å². The quantitative estimate of drug-likeness (QED) is 0.176. The molecule has 5 aromatic heterocycles. The van der Waals surface area contributed by atoms with Crippen LogP contribution in [0, 0.1) is 71.1 Å². The molecule has 0 bridgehead atoms. The van der Waals surface area contributed by atoms with Crippen molar-refractivity contribution in [3.63, 3.8) is 0 Å². The van der Waals surface area contributed by atoms with Gasteiger partial charge in [-0.15, -0.1) is 11.3 Å². The van der Waals surface area contributed by atoms with E-state index in [-0.39, 0.29) is 0 Å². The van der Waals surface area contributed by atoms with Crippen molar-refractivity contribution in [2.24, 2.45) is 0 Å². The fraction of sp³-hybridized carbons (Fsp3) is 0.101. The average molecular weight is 993 g/mol. The van der Waals surface area contributed by atoms with Gasteiger partial charge in [0.2, 0.25) is 0 Å². The molecule has 15 aromatic rings. The molecule has 0 amide bonds. The molecule has 0 atom stereocenters. The van der Waals surface area contributed by atoms with Crippen LogP contribution in [0.25, 0.3) is 130 Å². The molecule has 0 saturated carbocycles. The molecule has 5 heterocycles. The third-order valence-corrected chi connectivity index (χ3v) is 17.4. The van der Waals surface area contributed by atoms with Crippen molar-refractivity contribution >= 4 is 119 Å². The average Bonchev–Trinajstić information content (AvgIpc) is 4.39. The van der Waals surface area contributed by atoms with Crippen LogP contribution in [-0.4, -0.2) is 18.3 Å². The van der Waals surface area contributed by atoms with Crippen molar-refractivity contribution in [3.05, 3.63) is 214 Å². The molecular weight excluding hydrogens is 945 g/mol. The minimum Gasteiger partial charge on any atom is -0.306 e. The van der Waals surface area contributed by atoms with Gasteiger partial charge < -0.3 is 18.3 Å². The minimum absolute atomic E-state index is 0.452. The van der Waals surface area contributed by atoms with E-state index >= 15 is 0 Å². The number of aromatic nitrogens is 4. The van der Waals surface area contributed by atoms with Crippen molar-refractivity contribution in [1.82, 2.24) is 18.3 Å². The van der Waals surface area contributed by atoms with Crippen LogP contribution in [-0.2, 0) is 0 Å². The molecule has 0 aliphatic heterocycles. The largest absolute Gasteiger partial charge is 0.306 e. The molecule has 0 aliphatic carbocycles. The number of hydrogen-bond donors (Lipinski definition) is 0. The Hall–Kier alpha value is -9.40. The molecule has 0 radical (unpaired) electrons. The fourth-order valence-corrected chi connectivity index (χ4v) is 14.1. The molecule has 0 unspecified atom stereocenters. The molecule has 0 spiro atoms. The minimum atomic E-state index is 0.452. The standard InChI is InChI=1S/C69H48N6S/c1-37-18-27-56-53(28-37)51-25-26-52-50-10-8-9-11-63(50)76-69(52)68(51)75(56)67-55(36-71)65(73-59-31-40(4)14-21-46(59)47-22-15-41(5)32-60(47)73)64(72-57-29-38(2)12-19-44(57)45-20-13-39(3)30-58(45)72)54(35-70)66(67)74-61-33-42(6)16-23-48(61)49-24-17-43(7)34-62(49)74/h8-34H,1-7H3. The predicted octanol–water partition coefficient (Wildman–Crippen LogP) is 18.3. The van der Waals surface area contributed by atoms with E-state index in [1.807, 2.05) is 0 Å². The number of fused-ring (bicyclic) bond motifs is 16. The summed E-state index contributed by atoms with van der Waals surface area (Å²) in [5, 5.41) is 36.7. The van der Waals surface area contributed by atoms with Gasteiger partial charge in [0, 0.05) is 58.6 Å². The highest BCUT2D eigenvalue weighted by atomic mass is 32.1. The monoisotopic (exact) mass is 992 g/mol. The summed E-state index contributed by atoms with van der Waals surface area (Å²) in [7, 11) is 0. The van der Waals surface area contributed by atoms with Gasteiger partial charge in [-0.25, -0.2) is 0 Å². The van der Waals surface area contributed by atoms with Crippen molar-refractivity contribution in [2.75, 3.05) is 0 Å². The van der Waals surface area contributed by atoms with E-state index in [9.17, 15) is 10.5 Å². The first-order chi connectivity index (χ1) is 37.0. The van der Waals surface area contributed by atoms with Crippen molar-refractivity contribution in [3.8, 4) is 34.9 Å². The van der Waals surface area contributed by atoms with E-state index in [1.165, 1.54) is 10.1 Å². The molecule has 0 N–H and O–H groups in total. The molecule has 76 heavy (non-hydrogen) atoms. The lowest BCUT2D eigenvalue weighted by atomic mass is 9.98. The zero-order chi connectivity index (χ0) is 51.6. The lowest BCUT2D eigenvalue weighted by Crippen LogP contribution is -2.17. The molecule has 15 rings (SSSR count). The van der Waals surface area contributed by atoms with Gasteiger partial charge in [-0.05, 0) is 136 Å². The van der Waals surface area contributed by atoms with E-state index < -0.39 is 0 Å². The van der Waals surface area contributed by atoms with Crippen LogP contribution in [0.15, 0.2) is 164 Å². The molecule has 0 fully saturated rings. The van der Waals surface area contributed by atoms with Gasteiger partial charge in [-0.1, -0.05) is 115 Å². The maximum Gasteiger partial charge on any atom is 0.104 e. The van der Waals surface area contributed by atoms with E-state index in [2.05, 4.69) is 243 Å². The summed E-state index contributed by atoms with van der Waals surface area (Å²) in [6, 6.07) is 65.8. The lowest BCUT2D eigenvalue weighted by molar-refractivity contribution is 1.02. The lowest BCUT2D eigenvalue weighted by Gasteiger charge is -2.27. The number of nitrogens with zero attached hydrogens (tertiary/aromatic N) is 6. The Bertz CT molecular complexity index is 5040. The summed E-state index contributed by atoms with van der Waals surface area (Å²) in [4.78, 5) is 0. The summed E-state index contributed by atoms with van der Waals surface area (Å²) < 4.78 is 11.7. The smallest absolute Gasteiger partial charge is 0.104 e. The van der Waals surface area contributed by atoms with Crippen LogP contribution in [0.4, 0.5) is 0 Å². The first-order valence-corrected chi connectivity index (χ1v) is 26.8. The maximum atomic E-state index is 12.9. The van der Waals surface area contributed by atoms with Crippen LogP contribution >= 0.6 is 11.3 Å². The fourth-order valence-electron chi connectivity index (χ4n) is 12.8. The van der Waals surface area contributed by atoms with Crippen LogP contribution in [0.3, 0.4) is 0 Å². The Morgan fingerprint density at radius 1 is 0.303 bits per heavy atom. The molecular formula is C69H48N6S. The zero-order valence-electron chi connectivity index (χ0n) is 43.2. The molecule has 6 nitrogen and oxygen atoms in total. The SMILES string of the molecule is Cc1ccc2c(c1)c1ccc3c4ccccc4sc3c1n2-c1c(C#N)c(-n2c3cc(C)ccc3c3ccc(C)cc32)c(-n2c3cc(C)ccc3c3ccc(C)cc32)c(C#N)c1-n1c2cc(C)ccc2c2ccc(C)cc21. The van der Waals surface area contributed by atoms with Crippen molar-refractivity contribution in [2.45, 2.75) is 48.5 Å². The van der Waals surface area contributed by atoms with Gasteiger partial charge in [-0.3, -0.25) is 0 Å². The number of thiophene rings is 1. The maximum absolute atomic E-state index is 12.9. The first-order valence-electron chi connectivity index (χ1n) is 25.9. The molecule has 7 heteroatoms. The summed E-state index contributed by atoms with van der Waals surface area (Å²) in [6.45, 7) is 15.0. The van der Waals surface area contributed by atoms with Crippen LogP contribution in [0.1, 0.15) is 50.1 Å². The predicted molar refractivity (Wildman–Crippen MR) is 319 cm³/mol. The third kappa shape index (κ3) is 5.95. The Morgan fingerprint density at radius 2 is 0.632 bits per heavy atom. The Balaban J connectivity index is 1.31. The normalized spacial score (nSPS) is 12.1. The topological polar surface area (TPSA) is 67.3 Å². The Kier molecular flexibility index (Phi) is 9.18. The summed E-state index contributed by atoms with van der Waals surface area (Å²) in [6.07, 6.45) is 0. The number of hydrogen-bond acceptors (Lipinski definition) is 3. The first kappa shape index (κ1) is 44.1. The number of aryl methyl sites for hydroxylation is 7. The summed E-state index contributed by atoms with van der Waals surface area (Å²) in [5.41, 5.74) is 18.9. The Labute approximate surface area is 442 Å². The Morgan fingerprint density at radius 3 is 1.03 bits per heavy atom. The summed E-state index contributed by atoms with van der Waals surface area (Å²) in [5.74, 6) is 0. The number of nitriles is 2. The van der Waals surface area contributed by atoms with E-state index in [1.54, 1.807) is 11.3 Å². The van der Waals surface area contributed by atoms with E-state index in [0.717, 1.165) is 136 Å².